The number of carbonyl (C=O) groups excluding carboxylic acids is 3. The zero-order valence-corrected chi connectivity index (χ0v) is 16.7. The van der Waals surface area contributed by atoms with E-state index in [1.165, 1.54) is 30.7 Å². The van der Waals surface area contributed by atoms with Crippen molar-refractivity contribution >= 4 is 17.8 Å². The van der Waals surface area contributed by atoms with Crippen molar-refractivity contribution < 1.29 is 23.5 Å². The van der Waals surface area contributed by atoms with E-state index in [0.717, 1.165) is 19.3 Å². The minimum atomic E-state index is -0.978. The first kappa shape index (κ1) is 21.9. The van der Waals surface area contributed by atoms with Crippen molar-refractivity contribution in [2.45, 2.75) is 58.5 Å². The lowest BCUT2D eigenvalue weighted by Gasteiger charge is -2.29. The molecule has 1 aromatic carbocycles. The van der Waals surface area contributed by atoms with Gasteiger partial charge in [0.1, 0.15) is 11.9 Å². The third-order valence-corrected chi connectivity index (χ3v) is 5.13. The first-order chi connectivity index (χ1) is 13.3. The number of benzene rings is 1. The van der Waals surface area contributed by atoms with Gasteiger partial charge in [0.05, 0.1) is 5.56 Å². The molecule has 6 nitrogen and oxygen atoms in total. The predicted molar refractivity (Wildman–Crippen MR) is 103 cm³/mol. The molecule has 7 heteroatoms. The van der Waals surface area contributed by atoms with Crippen molar-refractivity contribution in [2.24, 2.45) is 11.8 Å². The Hall–Kier alpha value is -2.44. The Labute approximate surface area is 165 Å². The molecule has 0 radical (unpaired) electrons. The van der Waals surface area contributed by atoms with Crippen molar-refractivity contribution in [3.8, 4) is 0 Å². The summed E-state index contributed by atoms with van der Waals surface area (Å²) in [6, 6.07) is 4.65. The van der Waals surface area contributed by atoms with Crippen LogP contribution < -0.4 is 10.6 Å². The second-order valence-corrected chi connectivity index (χ2v) is 7.72. The van der Waals surface area contributed by atoms with Crippen LogP contribution in [0.15, 0.2) is 24.3 Å². The number of esters is 1. The molecule has 1 saturated carbocycles. The molecule has 28 heavy (non-hydrogen) atoms. The summed E-state index contributed by atoms with van der Waals surface area (Å²) in [4.78, 5) is 36.8. The number of amides is 2. The molecule has 0 unspecified atom stereocenters. The molecule has 0 aromatic heterocycles. The highest BCUT2D eigenvalue weighted by atomic mass is 19.1. The van der Waals surface area contributed by atoms with Crippen molar-refractivity contribution in [1.82, 2.24) is 10.6 Å². The summed E-state index contributed by atoms with van der Waals surface area (Å²) >= 11 is 0. The first-order valence-electron chi connectivity index (χ1n) is 9.81. The monoisotopic (exact) mass is 392 g/mol. The Morgan fingerprint density at radius 3 is 2.50 bits per heavy atom. The molecule has 1 fully saturated rings. The zero-order chi connectivity index (χ0) is 20.7. The van der Waals surface area contributed by atoms with Crippen LogP contribution in [0.3, 0.4) is 0 Å². The van der Waals surface area contributed by atoms with Crippen LogP contribution in [0.1, 0.15) is 56.8 Å². The van der Waals surface area contributed by atoms with Gasteiger partial charge in [-0.15, -0.1) is 0 Å². The molecule has 2 amide bonds. The van der Waals surface area contributed by atoms with Crippen molar-refractivity contribution in [2.75, 3.05) is 6.61 Å². The van der Waals surface area contributed by atoms with Gasteiger partial charge < -0.3 is 15.4 Å². The number of hydrogen-bond acceptors (Lipinski definition) is 4. The summed E-state index contributed by atoms with van der Waals surface area (Å²) in [6.07, 6.45) is 4.24. The Bertz CT molecular complexity index is 707. The standard InChI is InChI=1S/C21H29FN2O4/c1-13(2)19(24-20(26)15-9-5-6-10-16(15)22)21(27)28-12-18(25)23-17-11-7-4-8-14(17)3/h5-6,9-10,13-14,17,19H,4,7-8,11-12H2,1-3H3,(H,23,25)(H,24,26)/t14-,17-,19-/m0/s1. The minimum Gasteiger partial charge on any atom is -0.454 e. The Morgan fingerprint density at radius 2 is 1.86 bits per heavy atom. The maximum absolute atomic E-state index is 13.8. The third-order valence-electron chi connectivity index (χ3n) is 5.13. The van der Waals surface area contributed by atoms with Crippen molar-refractivity contribution in [3.05, 3.63) is 35.6 Å². The molecule has 0 saturated heterocycles. The zero-order valence-electron chi connectivity index (χ0n) is 16.7. The number of halogens is 1. The van der Waals surface area contributed by atoms with E-state index in [0.29, 0.717) is 5.92 Å². The van der Waals surface area contributed by atoms with E-state index in [1.54, 1.807) is 13.8 Å². The van der Waals surface area contributed by atoms with E-state index in [2.05, 4.69) is 17.6 Å². The fraction of sp³-hybridized carbons (Fsp3) is 0.571. The number of nitrogens with one attached hydrogen (secondary N) is 2. The summed E-state index contributed by atoms with van der Waals surface area (Å²) in [5, 5.41) is 5.41. The fourth-order valence-electron chi connectivity index (χ4n) is 3.37. The topological polar surface area (TPSA) is 84.5 Å². The van der Waals surface area contributed by atoms with Crippen LogP contribution >= 0.6 is 0 Å². The summed E-state index contributed by atoms with van der Waals surface area (Å²) < 4.78 is 18.9. The average molecular weight is 392 g/mol. The Morgan fingerprint density at radius 1 is 1.18 bits per heavy atom. The smallest absolute Gasteiger partial charge is 0.329 e. The van der Waals surface area contributed by atoms with Gasteiger partial charge in [0.2, 0.25) is 0 Å². The first-order valence-corrected chi connectivity index (χ1v) is 9.81. The molecule has 1 aliphatic rings. The Balaban J connectivity index is 1.89. The molecule has 3 atom stereocenters. The minimum absolute atomic E-state index is 0.0987. The van der Waals surface area contributed by atoms with Gasteiger partial charge in [0, 0.05) is 6.04 Å². The van der Waals surface area contributed by atoms with Crippen LogP contribution in [0.5, 0.6) is 0 Å². The number of hydrogen-bond donors (Lipinski definition) is 2. The van der Waals surface area contributed by atoms with E-state index in [-0.39, 0.29) is 23.4 Å². The summed E-state index contributed by atoms with van der Waals surface area (Å²) in [5.41, 5.74) is -0.148. The molecule has 2 N–H and O–H groups in total. The summed E-state index contributed by atoms with van der Waals surface area (Å²) in [6.45, 7) is 5.17. The lowest BCUT2D eigenvalue weighted by molar-refractivity contribution is -0.151. The highest BCUT2D eigenvalue weighted by Gasteiger charge is 2.28. The number of rotatable bonds is 7. The van der Waals surface area contributed by atoms with Crippen LogP contribution in [-0.2, 0) is 14.3 Å². The van der Waals surface area contributed by atoms with Crippen molar-refractivity contribution in [3.63, 3.8) is 0 Å². The largest absolute Gasteiger partial charge is 0.454 e. The Kier molecular flexibility index (Phi) is 7.96. The molecule has 1 aliphatic carbocycles. The summed E-state index contributed by atoms with van der Waals surface area (Å²) in [5.74, 6) is -2.32. The van der Waals surface area contributed by atoms with Gasteiger partial charge in [-0.05, 0) is 36.8 Å². The van der Waals surface area contributed by atoms with E-state index in [1.807, 2.05) is 0 Å². The van der Waals surface area contributed by atoms with Gasteiger partial charge >= 0.3 is 5.97 Å². The van der Waals surface area contributed by atoms with Gasteiger partial charge in [-0.2, -0.15) is 0 Å². The van der Waals surface area contributed by atoms with Crippen LogP contribution in [0.4, 0.5) is 4.39 Å². The molecular weight excluding hydrogens is 363 g/mol. The van der Waals surface area contributed by atoms with Gasteiger partial charge in [-0.3, -0.25) is 9.59 Å². The molecule has 0 bridgehead atoms. The van der Waals surface area contributed by atoms with Crippen LogP contribution in [0.25, 0.3) is 0 Å². The molecule has 0 aliphatic heterocycles. The molecule has 0 spiro atoms. The van der Waals surface area contributed by atoms with Crippen LogP contribution in [0.2, 0.25) is 0 Å². The van der Waals surface area contributed by atoms with Crippen LogP contribution in [0, 0.1) is 17.7 Å². The normalized spacial score (nSPS) is 20.3. The van der Waals surface area contributed by atoms with Gasteiger partial charge in [-0.1, -0.05) is 45.7 Å². The highest BCUT2D eigenvalue weighted by molar-refractivity contribution is 5.97. The van der Waals surface area contributed by atoms with Gasteiger partial charge in [-0.25, -0.2) is 9.18 Å². The third kappa shape index (κ3) is 6.04. The second kappa shape index (κ2) is 10.2. The molecular formula is C21H29FN2O4. The van der Waals surface area contributed by atoms with E-state index < -0.39 is 30.3 Å². The maximum atomic E-state index is 13.8. The second-order valence-electron chi connectivity index (χ2n) is 7.72. The number of carbonyl (C=O) groups is 3. The quantitative estimate of drug-likeness (QED) is 0.699. The maximum Gasteiger partial charge on any atom is 0.329 e. The highest BCUT2D eigenvalue weighted by Crippen LogP contribution is 2.23. The lowest BCUT2D eigenvalue weighted by atomic mass is 9.86. The fourth-order valence-corrected chi connectivity index (χ4v) is 3.37. The van der Waals surface area contributed by atoms with Crippen LogP contribution in [-0.4, -0.2) is 36.5 Å². The van der Waals surface area contributed by atoms with Crippen molar-refractivity contribution in [1.29, 1.82) is 0 Å². The SMILES string of the molecule is CC(C)[C@H](NC(=O)c1ccccc1F)C(=O)OCC(=O)N[C@H]1CCCC[C@@H]1C. The lowest BCUT2D eigenvalue weighted by Crippen LogP contribution is -2.47. The molecule has 154 valence electrons. The van der Waals surface area contributed by atoms with E-state index in [4.69, 9.17) is 4.74 Å². The van der Waals surface area contributed by atoms with E-state index >= 15 is 0 Å². The van der Waals surface area contributed by atoms with E-state index in [9.17, 15) is 18.8 Å². The van der Waals surface area contributed by atoms with Gasteiger partial charge in [0.25, 0.3) is 11.8 Å². The predicted octanol–water partition coefficient (Wildman–Crippen LogP) is 2.82. The molecule has 0 heterocycles. The average Bonchev–Trinajstić information content (AvgIpc) is 2.66. The van der Waals surface area contributed by atoms with Gasteiger partial charge in [0.15, 0.2) is 6.61 Å². The molecule has 1 aromatic rings. The molecule has 2 rings (SSSR count). The number of ether oxygens (including phenoxy) is 1. The summed E-state index contributed by atoms with van der Waals surface area (Å²) in [7, 11) is 0.